The molecule has 3 rings (SSSR count). The molecular formula is C20H24N2O3. The Hall–Kier alpha value is -2.69. The number of fused-ring (bicyclic) bond motifs is 1. The van der Waals surface area contributed by atoms with Gasteiger partial charge in [0, 0.05) is 32.7 Å². The number of rotatable bonds is 7. The first-order valence-corrected chi connectivity index (χ1v) is 8.53. The van der Waals surface area contributed by atoms with Crippen molar-refractivity contribution < 1.29 is 14.3 Å². The van der Waals surface area contributed by atoms with Crippen LogP contribution in [0.25, 0.3) is 0 Å². The maximum absolute atomic E-state index is 12.0. The predicted molar refractivity (Wildman–Crippen MR) is 98.4 cm³/mol. The molecule has 1 aliphatic heterocycles. The summed E-state index contributed by atoms with van der Waals surface area (Å²) in [5.41, 5.74) is 3.48. The van der Waals surface area contributed by atoms with Crippen molar-refractivity contribution >= 4 is 11.6 Å². The molecule has 2 aromatic carbocycles. The molecule has 25 heavy (non-hydrogen) atoms. The van der Waals surface area contributed by atoms with E-state index in [1.807, 2.05) is 32.3 Å². The van der Waals surface area contributed by atoms with Crippen LogP contribution in [-0.4, -0.2) is 33.3 Å². The van der Waals surface area contributed by atoms with Gasteiger partial charge in [0.05, 0.1) is 0 Å². The first-order chi connectivity index (χ1) is 12.1. The normalized spacial score (nSPS) is 12.1. The number of benzene rings is 2. The molecule has 132 valence electrons. The third-order valence-electron chi connectivity index (χ3n) is 4.27. The molecule has 0 fully saturated rings. The molecule has 5 nitrogen and oxygen atoms in total. The Morgan fingerprint density at radius 3 is 2.48 bits per heavy atom. The number of anilines is 1. The topological polar surface area (TPSA) is 50.8 Å². The fraction of sp³-hybridized carbons (Fsp3) is 0.350. The van der Waals surface area contributed by atoms with Crippen molar-refractivity contribution in [2.24, 2.45) is 0 Å². The fourth-order valence-corrected chi connectivity index (χ4v) is 2.75. The maximum atomic E-state index is 12.0. The zero-order chi connectivity index (χ0) is 17.6. The molecule has 0 aromatic heterocycles. The van der Waals surface area contributed by atoms with E-state index in [9.17, 15) is 4.79 Å². The number of carbonyl (C=O) groups excluding carboxylic acids is 1. The summed E-state index contributed by atoms with van der Waals surface area (Å²) in [7, 11) is 4.05. The van der Waals surface area contributed by atoms with Crippen molar-refractivity contribution in [3.63, 3.8) is 0 Å². The van der Waals surface area contributed by atoms with E-state index >= 15 is 0 Å². The Morgan fingerprint density at radius 1 is 1.00 bits per heavy atom. The number of nitrogens with zero attached hydrogens (tertiary/aromatic N) is 1. The van der Waals surface area contributed by atoms with Crippen LogP contribution in [0.3, 0.4) is 0 Å². The molecule has 0 spiro atoms. The van der Waals surface area contributed by atoms with E-state index in [4.69, 9.17) is 9.47 Å². The summed E-state index contributed by atoms with van der Waals surface area (Å²) < 4.78 is 10.6. The van der Waals surface area contributed by atoms with Gasteiger partial charge in [0.25, 0.3) is 0 Å². The van der Waals surface area contributed by atoms with Crippen molar-refractivity contribution in [1.82, 2.24) is 5.32 Å². The van der Waals surface area contributed by atoms with Crippen LogP contribution in [0.2, 0.25) is 0 Å². The molecule has 1 amide bonds. The van der Waals surface area contributed by atoms with Crippen LogP contribution < -0.4 is 19.7 Å². The molecule has 1 heterocycles. The van der Waals surface area contributed by atoms with Gasteiger partial charge < -0.3 is 19.7 Å². The molecule has 0 saturated carbocycles. The van der Waals surface area contributed by atoms with Gasteiger partial charge in [0.15, 0.2) is 11.5 Å². The number of hydrogen-bond donors (Lipinski definition) is 1. The van der Waals surface area contributed by atoms with Gasteiger partial charge in [-0.25, -0.2) is 0 Å². The van der Waals surface area contributed by atoms with Gasteiger partial charge in [0.2, 0.25) is 12.7 Å². The second-order valence-electron chi connectivity index (χ2n) is 6.35. The number of carbonyl (C=O) groups is 1. The van der Waals surface area contributed by atoms with Gasteiger partial charge >= 0.3 is 0 Å². The van der Waals surface area contributed by atoms with Gasteiger partial charge in [-0.15, -0.1) is 0 Å². The molecule has 1 N–H and O–H groups in total. The smallest absolute Gasteiger partial charge is 0.231 e. The van der Waals surface area contributed by atoms with Gasteiger partial charge in [-0.3, -0.25) is 4.79 Å². The Balaban J connectivity index is 1.39. The van der Waals surface area contributed by atoms with Crippen LogP contribution in [0.5, 0.6) is 11.5 Å². The minimum atomic E-state index is 0.0718. The molecule has 0 atom stereocenters. The van der Waals surface area contributed by atoms with Crippen LogP contribution in [0, 0.1) is 0 Å². The quantitative estimate of drug-likeness (QED) is 0.842. The van der Waals surface area contributed by atoms with Crippen molar-refractivity contribution in [2.75, 3.05) is 32.3 Å². The van der Waals surface area contributed by atoms with Gasteiger partial charge in [-0.05, 0) is 48.2 Å². The van der Waals surface area contributed by atoms with E-state index < -0.39 is 0 Å². The predicted octanol–water partition coefficient (Wildman–Crippen LogP) is 2.77. The van der Waals surface area contributed by atoms with E-state index in [2.05, 4.69) is 34.5 Å². The Bertz CT molecular complexity index is 726. The average Bonchev–Trinajstić information content (AvgIpc) is 3.08. The fourth-order valence-electron chi connectivity index (χ4n) is 2.75. The zero-order valence-electron chi connectivity index (χ0n) is 14.7. The van der Waals surface area contributed by atoms with E-state index in [0.717, 1.165) is 23.5 Å². The lowest BCUT2D eigenvalue weighted by molar-refractivity contribution is -0.121. The maximum Gasteiger partial charge on any atom is 0.231 e. The van der Waals surface area contributed by atoms with Crippen LogP contribution in [0.15, 0.2) is 42.5 Å². The summed E-state index contributed by atoms with van der Waals surface area (Å²) in [6.07, 6.45) is 2.00. The van der Waals surface area contributed by atoms with Gasteiger partial charge in [-0.2, -0.15) is 0 Å². The Kier molecular flexibility index (Phi) is 5.43. The van der Waals surface area contributed by atoms with Crippen LogP contribution in [-0.2, 0) is 17.6 Å². The van der Waals surface area contributed by atoms with Crippen molar-refractivity contribution in [3.05, 3.63) is 53.6 Å². The number of amides is 1. The minimum Gasteiger partial charge on any atom is -0.454 e. The lowest BCUT2D eigenvalue weighted by Gasteiger charge is -2.12. The van der Waals surface area contributed by atoms with Gasteiger partial charge in [0.1, 0.15) is 0 Å². The van der Waals surface area contributed by atoms with Crippen molar-refractivity contribution in [1.29, 1.82) is 0 Å². The highest BCUT2D eigenvalue weighted by Gasteiger charge is 2.13. The third-order valence-corrected chi connectivity index (χ3v) is 4.27. The largest absolute Gasteiger partial charge is 0.454 e. The summed E-state index contributed by atoms with van der Waals surface area (Å²) >= 11 is 0. The monoisotopic (exact) mass is 340 g/mol. The van der Waals surface area contributed by atoms with E-state index in [-0.39, 0.29) is 12.7 Å². The van der Waals surface area contributed by atoms with Crippen LogP contribution in [0.4, 0.5) is 5.69 Å². The number of nitrogens with one attached hydrogen (secondary N) is 1. The minimum absolute atomic E-state index is 0.0718. The Morgan fingerprint density at radius 2 is 1.72 bits per heavy atom. The molecule has 0 unspecified atom stereocenters. The van der Waals surface area contributed by atoms with E-state index in [1.54, 1.807) is 0 Å². The first kappa shape index (κ1) is 17.1. The van der Waals surface area contributed by atoms with Crippen LogP contribution in [0.1, 0.15) is 17.5 Å². The Labute approximate surface area is 148 Å². The van der Waals surface area contributed by atoms with Crippen molar-refractivity contribution in [2.45, 2.75) is 19.3 Å². The van der Waals surface area contributed by atoms with Gasteiger partial charge in [-0.1, -0.05) is 18.2 Å². The lowest BCUT2D eigenvalue weighted by atomic mass is 10.1. The highest BCUT2D eigenvalue weighted by Crippen LogP contribution is 2.32. The first-order valence-electron chi connectivity index (χ1n) is 8.53. The second kappa shape index (κ2) is 7.92. The molecule has 1 aliphatic rings. The average molecular weight is 340 g/mol. The standard InChI is InChI=1S/C20H24N2O3/c1-22(2)17-7-3-15(4-8-17)11-12-21-20(23)10-6-16-5-9-18-19(13-16)25-14-24-18/h3-5,7-9,13H,6,10-12,14H2,1-2H3,(H,21,23). The molecule has 2 aromatic rings. The molecule has 0 aliphatic carbocycles. The summed E-state index contributed by atoms with van der Waals surface area (Å²) in [6, 6.07) is 14.2. The zero-order valence-corrected chi connectivity index (χ0v) is 14.7. The molecular weight excluding hydrogens is 316 g/mol. The highest BCUT2D eigenvalue weighted by molar-refractivity contribution is 5.76. The second-order valence-corrected chi connectivity index (χ2v) is 6.35. The molecule has 0 bridgehead atoms. The third kappa shape index (κ3) is 4.66. The molecule has 0 saturated heterocycles. The SMILES string of the molecule is CN(C)c1ccc(CCNC(=O)CCc2ccc3c(c2)OCO3)cc1. The molecule has 5 heteroatoms. The van der Waals surface area contributed by atoms with Crippen LogP contribution >= 0.6 is 0 Å². The molecule has 0 radical (unpaired) electrons. The summed E-state index contributed by atoms with van der Waals surface area (Å²) in [6.45, 7) is 0.927. The highest BCUT2D eigenvalue weighted by atomic mass is 16.7. The summed E-state index contributed by atoms with van der Waals surface area (Å²) in [4.78, 5) is 14.1. The summed E-state index contributed by atoms with van der Waals surface area (Å²) in [5.74, 6) is 1.61. The lowest BCUT2D eigenvalue weighted by Crippen LogP contribution is -2.25. The van der Waals surface area contributed by atoms with E-state index in [0.29, 0.717) is 19.4 Å². The van der Waals surface area contributed by atoms with Crippen molar-refractivity contribution in [3.8, 4) is 11.5 Å². The number of aryl methyl sites for hydroxylation is 1. The summed E-state index contributed by atoms with van der Waals surface area (Å²) in [5, 5.41) is 2.99. The number of hydrogen-bond acceptors (Lipinski definition) is 4. The number of ether oxygens (including phenoxy) is 2. The van der Waals surface area contributed by atoms with E-state index in [1.165, 1.54) is 11.3 Å².